The van der Waals surface area contributed by atoms with E-state index in [-0.39, 0.29) is 5.91 Å². The Morgan fingerprint density at radius 2 is 1.83 bits per heavy atom. The molecule has 0 bridgehead atoms. The molecular formula is C24H27NO4S. The molecule has 158 valence electrons. The maximum absolute atomic E-state index is 12.4. The van der Waals surface area contributed by atoms with E-state index < -0.39 is 0 Å². The van der Waals surface area contributed by atoms with Crippen molar-refractivity contribution in [3.05, 3.63) is 42.0 Å². The third kappa shape index (κ3) is 4.01. The molecule has 6 heteroatoms. The smallest absolute Gasteiger partial charge is 0.222 e. The van der Waals surface area contributed by atoms with Crippen molar-refractivity contribution in [2.45, 2.75) is 30.6 Å². The maximum Gasteiger partial charge on any atom is 0.222 e. The minimum absolute atomic E-state index is 0.260. The molecule has 1 aromatic heterocycles. The lowest BCUT2D eigenvalue weighted by Crippen LogP contribution is -2.27. The highest BCUT2D eigenvalue weighted by atomic mass is 32.2. The number of carbonyl (C=O) groups excluding carboxylic acids is 1. The van der Waals surface area contributed by atoms with Gasteiger partial charge in [0.25, 0.3) is 0 Å². The van der Waals surface area contributed by atoms with Crippen LogP contribution in [0.3, 0.4) is 0 Å². The Labute approximate surface area is 181 Å². The van der Waals surface area contributed by atoms with Crippen LogP contribution >= 0.6 is 11.8 Å². The van der Waals surface area contributed by atoms with E-state index in [1.54, 1.807) is 26.0 Å². The van der Waals surface area contributed by atoms with Gasteiger partial charge in [-0.05, 0) is 61.4 Å². The molecule has 1 saturated heterocycles. The van der Waals surface area contributed by atoms with Crippen LogP contribution in [-0.2, 0) is 11.2 Å². The highest BCUT2D eigenvalue weighted by molar-refractivity contribution is 7.99. The summed E-state index contributed by atoms with van der Waals surface area (Å²) < 4.78 is 17.0. The predicted molar refractivity (Wildman–Crippen MR) is 121 cm³/mol. The quantitative estimate of drug-likeness (QED) is 0.475. The molecule has 5 nitrogen and oxygen atoms in total. The van der Waals surface area contributed by atoms with E-state index in [2.05, 4.69) is 18.4 Å². The Morgan fingerprint density at radius 1 is 1.07 bits per heavy atom. The van der Waals surface area contributed by atoms with Gasteiger partial charge < -0.3 is 18.8 Å². The third-order valence-corrected chi connectivity index (χ3v) is 6.46. The first-order valence-electron chi connectivity index (χ1n) is 10.2. The number of amides is 1. The van der Waals surface area contributed by atoms with Gasteiger partial charge in [0.05, 0.1) is 19.1 Å². The van der Waals surface area contributed by atoms with Crippen molar-refractivity contribution in [3.8, 4) is 22.8 Å². The van der Waals surface area contributed by atoms with Crippen LogP contribution < -0.4 is 9.47 Å². The second kappa shape index (κ2) is 9.04. The van der Waals surface area contributed by atoms with E-state index in [9.17, 15) is 4.79 Å². The van der Waals surface area contributed by atoms with E-state index in [0.717, 1.165) is 65.1 Å². The second-order valence-corrected chi connectivity index (χ2v) is 8.27. The number of aryl methyl sites for hydroxylation is 1. The largest absolute Gasteiger partial charge is 0.493 e. The standard InChI is InChI=1S/C24H27NO4S/c1-27-20-10-8-17(15-21(20)28-2)23-24(30-3)18-14-16(6-9-19(18)29-23)7-11-22(26)25-12-4-5-13-25/h6,8-10,14-15H,4-5,7,11-13H2,1-3H3. The summed E-state index contributed by atoms with van der Waals surface area (Å²) in [7, 11) is 3.26. The lowest BCUT2D eigenvalue weighted by molar-refractivity contribution is -0.130. The molecule has 0 unspecified atom stereocenters. The van der Waals surface area contributed by atoms with Gasteiger partial charge >= 0.3 is 0 Å². The molecule has 30 heavy (non-hydrogen) atoms. The Kier molecular flexibility index (Phi) is 6.23. The molecule has 0 atom stereocenters. The summed E-state index contributed by atoms with van der Waals surface area (Å²) in [6.45, 7) is 1.82. The topological polar surface area (TPSA) is 51.9 Å². The molecule has 0 saturated carbocycles. The Balaban J connectivity index is 1.62. The lowest BCUT2D eigenvalue weighted by Gasteiger charge is -2.14. The van der Waals surface area contributed by atoms with Gasteiger partial charge in [-0.3, -0.25) is 4.79 Å². The van der Waals surface area contributed by atoms with E-state index in [1.807, 2.05) is 29.2 Å². The van der Waals surface area contributed by atoms with Crippen LogP contribution in [0, 0.1) is 0 Å². The molecule has 0 spiro atoms. The fourth-order valence-corrected chi connectivity index (χ4v) is 4.75. The Morgan fingerprint density at radius 3 is 2.53 bits per heavy atom. The minimum atomic E-state index is 0.260. The third-order valence-electron chi connectivity index (χ3n) is 5.64. The number of hydrogen-bond acceptors (Lipinski definition) is 5. The SMILES string of the molecule is COc1ccc(-c2oc3ccc(CCC(=O)N4CCCC4)cc3c2SC)cc1OC. The number of hydrogen-bond donors (Lipinski definition) is 0. The average Bonchev–Trinajstić information content (AvgIpc) is 3.44. The molecule has 2 heterocycles. The van der Waals surface area contributed by atoms with Crippen molar-refractivity contribution in [2.75, 3.05) is 33.6 Å². The molecule has 2 aromatic carbocycles. The van der Waals surface area contributed by atoms with Gasteiger partial charge in [0, 0.05) is 30.5 Å². The number of carbonyl (C=O) groups is 1. The zero-order chi connectivity index (χ0) is 21.1. The van der Waals surface area contributed by atoms with E-state index in [0.29, 0.717) is 17.9 Å². The average molecular weight is 426 g/mol. The van der Waals surface area contributed by atoms with Crippen LogP contribution in [0.4, 0.5) is 0 Å². The normalized spacial score (nSPS) is 13.8. The number of thioether (sulfide) groups is 1. The van der Waals surface area contributed by atoms with Gasteiger partial charge in [-0.15, -0.1) is 11.8 Å². The molecule has 1 aliphatic rings. The number of ether oxygens (including phenoxy) is 2. The van der Waals surface area contributed by atoms with Gasteiger partial charge in [0.15, 0.2) is 11.5 Å². The van der Waals surface area contributed by atoms with Crippen LogP contribution in [0.25, 0.3) is 22.3 Å². The Bertz CT molecular complexity index is 1050. The first-order chi connectivity index (χ1) is 14.6. The van der Waals surface area contributed by atoms with Gasteiger partial charge in [-0.25, -0.2) is 0 Å². The summed E-state index contributed by atoms with van der Waals surface area (Å²) >= 11 is 1.66. The number of likely N-dealkylation sites (tertiary alicyclic amines) is 1. The van der Waals surface area contributed by atoms with Gasteiger partial charge in [-0.2, -0.15) is 0 Å². The summed E-state index contributed by atoms with van der Waals surface area (Å²) in [5.74, 6) is 2.44. The molecular weight excluding hydrogens is 398 g/mol. The van der Waals surface area contributed by atoms with Crippen LogP contribution in [0.1, 0.15) is 24.8 Å². The fourth-order valence-electron chi connectivity index (χ4n) is 4.02. The summed E-state index contributed by atoms with van der Waals surface area (Å²) in [6.07, 6.45) is 5.61. The molecule has 0 N–H and O–H groups in total. The summed E-state index contributed by atoms with van der Waals surface area (Å²) in [4.78, 5) is 15.5. The summed E-state index contributed by atoms with van der Waals surface area (Å²) in [5, 5.41) is 1.08. The molecule has 0 aliphatic carbocycles. The zero-order valence-electron chi connectivity index (χ0n) is 17.7. The molecule has 1 fully saturated rings. The van der Waals surface area contributed by atoms with Crippen LogP contribution in [0.5, 0.6) is 11.5 Å². The first-order valence-corrected chi connectivity index (χ1v) is 11.5. The van der Waals surface area contributed by atoms with Crippen LogP contribution in [0.2, 0.25) is 0 Å². The molecule has 4 rings (SSSR count). The van der Waals surface area contributed by atoms with Crippen molar-refractivity contribution >= 4 is 28.6 Å². The minimum Gasteiger partial charge on any atom is -0.493 e. The number of methoxy groups -OCH3 is 2. The molecule has 1 aliphatic heterocycles. The van der Waals surface area contributed by atoms with Crippen LogP contribution in [-0.4, -0.2) is 44.4 Å². The fraction of sp³-hybridized carbons (Fsp3) is 0.375. The van der Waals surface area contributed by atoms with Gasteiger partial charge in [0.2, 0.25) is 5.91 Å². The number of fused-ring (bicyclic) bond motifs is 1. The Hall–Kier alpha value is -2.60. The number of benzene rings is 2. The monoisotopic (exact) mass is 425 g/mol. The number of rotatable bonds is 7. The molecule has 0 radical (unpaired) electrons. The van der Waals surface area contributed by atoms with Crippen molar-refractivity contribution in [2.24, 2.45) is 0 Å². The number of furan rings is 1. The highest BCUT2D eigenvalue weighted by Crippen LogP contribution is 2.42. The van der Waals surface area contributed by atoms with Crippen molar-refractivity contribution < 1.29 is 18.7 Å². The second-order valence-electron chi connectivity index (χ2n) is 7.45. The summed E-state index contributed by atoms with van der Waals surface area (Å²) in [6, 6.07) is 12.0. The summed E-state index contributed by atoms with van der Waals surface area (Å²) in [5.41, 5.74) is 2.95. The molecule has 1 amide bonds. The van der Waals surface area contributed by atoms with E-state index in [4.69, 9.17) is 13.9 Å². The van der Waals surface area contributed by atoms with Crippen molar-refractivity contribution in [1.82, 2.24) is 4.90 Å². The lowest BCUT2D eigenvalue weighted by atomic mass is 10.1. The van der Waals surface area contributed by atoms with E-state index in [1.165, 1.54) is 0 Å². The highest BCUT2D eigenvalue weighted by Gasteiger charge is 2.19. The van der Waals surface area contributed by atoms with Crippen molar-refractivity contribution in [3.63, 3.8) is 0 Å². The predicted octanol–water partition coefficient (Wildman–Crippen LogP) is 5.39. The van der Waals surface area contributed by atoms with Crippen molar-refractivity contribution in [1.29, 1.82) is 0 Å². The van der Waals surface area contributed by atoms with Gasteiger partial charge in [0.1, 0.15) is 11.3 Å². The molecule has 3 aromatic rings. The zero-order valence-corrected chi connectivity index (χ0v) is 18.5. The number of nitrogens with zero attached hydrogens (tertiary/aromatic N) is 1. The maximum atomic E-state index is 12.4. The first kappa shape index (κ1) is 20.7. The van der Waals surface area contributed by atoms with Crippen LogP contribution in [0.15, 0.2) is 45.7 Å². The van der Waals surface area contributed by atoms with Gasteiger partial charge in [-0.1, -0.05) is 6.07 Å². The van der Waals surface area contributed by atoms with E-state index >= 15 is 0 Å².